The zero-order valence-corrected chi connectivity index (χ0v) is 15.7. The maximum absolute atomic E-state index is 11.8. The smallest absolute Gasteiger partial charge is 0.344 e. The second-order valence-electron chi connectivity index (χ2n) is 5.70. The van der Waals surface area contributed by atoms with Crippen molar-refractivity contribution in [2.24, 2.45) is 0 Å². The summed E-state index contributed by atoms with van der Waals surface area (Å²) >= 11 is 3.32. The third-order valence-corrected chi connectivity index (χ3v) is 3.91. The second kappa shape index (κ2) is 9.22. The minimum atomic E-state index is -0.593. The van der Waals surface area contributed by atoms with Crippen LogP contribution in [0, 0.1) is 0 Å². The summed E-state index contributed by atoms with van der Waals surface area (Å²) in [5.74, 6) is -0.0690. The number of hydrogen-bond acceptors (Lipinski definition) is 4. The van der Waals surface area contributed by atoms with E-state index in [0.717, 1.165) is 10.0 Å². The Balaban J connectivity index is 1.77. The first-order chi connectivity index (χ1) is 12.0. The minimum absolute atomic E-state index is 0.241. The third-order valence-electron chi connectivity index (χ3n) is 3.38. The number of para-hydroxylation sites is 1. The molecule has 0 bridgehead atoms. The normalized spacial score (nSPS) is 10.4. The number of esters is 1. The molecule has 0 heterocycles. The first kappa shape index (κ1) is 19.0. The maximum Gasteiger partial charge on any atom is 0.344 e. The van der Waals surface area contributed by atoms with Crippen LogP contribution in [0.25, 0.3) is 0 Å². The van der Waals surface area contributed by atoms with Gasteiger partial charge in [0.15, 0.2) is 13.2 Å². The van der Waals surface area contributed by atoms with Gasteiger partial charge in [0.05, 0.1) is 0 Å². The van der Waals surface area contributed by atoms with Crippen LogP contribution in [0.1, 0.15) is 25.3 Å². The van der Waals surface area contributed by atoms with Crippen LogP contribution in [-0.4, -0.2) is 25.1 Å². The lowest BCUT2D eigenvalue weighted by Crippen LogP contribution is -2.23. The quantitative estimate of drug-likeness (QED) is 0.703. The molecule has 6 heteroatoms. The predicted octanol–water partition coefficient (Wildman–Crippen LogP) is 4.13. The molecule has 2 aromatic carbocycles. The van der Waals surface area contributed by atoms with E-state index < -0.39 is 11.9 Å². The minimum Gasteiger partial charge on any atom is -0.482 e. The largest absolute Gasteiger partial charge is 0.482 e. The Morgan fingerprint density at radius 2 is 1.72 bits per heavy atom. The van der Waals surface area contributed by atoms with E-state index in [4.69, 9.17) is 9.47 Å². The fourth-order valence-corrected chi connectivity index (χ4v) is 2.41. The highest BCUT2D eigenvalue weighted by Gasteiger charge is 2.11. The summed E-state index contributed by atoms with van der Waals surface area (Å²) in [6.45, 7) is 3.50. The number of anilines is 1. The maximum atomic E-state index is 11.8. The molecule has 0 spiro atoms. The zero-order valence-electron chi connectivity index (χ0n) is 14.1. The molecule has 0 fully saturated rings. The van der Waals surface area contributed by atoms with Crippen LogP contribution in [0.15, 0.2) is 53.0 Å². The van der Waals surface area contributed by atoms with Crippen molar-refractivity contribution >= 4 is 33.5 Å². The van der Waals surface area contributed by atoms with Crippen molar-refractivity contribution in [2.75, 3.05) is 18.5 Å². The topological polar surface area (TPSA) is 64.6 Å². The molecule has 1 N–H and O–H groups in total. The van der Waals surface area contributed by atoms with Crippen LogP contribution < -0.4 is 10.1 Å². The van der Waals surface area contributed by atoms with Crippen molar-refractivity contribution in [1.82, 2.24) is 0 Å². The van der Waals surface area contributed by atoms with E-state index in [1.807, 2.05) is 50.2 Å². The Labute approximate surface area is 155 Å². The molecule has 2 rings (SSSR count). The average Bonchev–Trinajstić information content (AvgIpc) is 2.60. The Morgan fingerprint density at radius 1 is 1.04 bits per heavy atom. The van der Waals surface area contributed by atoms with Gasteiger partial charge in [0, 0.05) is 10.2 Å². The highest BCUT2D eigenvalue weighted by molar-refractivity contribution is 9.10. The van der Waals surface area contributed by atoms with Crippen LogP contribution in [0.3, 0.4) is 0 Å². The number of benzene rings is 2. The van der Waals surface area contributed by atoms with Gasteiger partial charge >= 0.3 is 5.97 Å². The fourth-order valence-electron chi connectivity index (χ4n) is 2.14. The number of amides is 1. The van der Waals surface area contributed by atoms with Crippen molar-refractivity contribution in [3.63, 3.8) is 0 Å². The van der Waals surface area contributed by atoms with E-state index in [-0.39, 0.29) is 19.1 Å². The summed E-state index contributed by atoms with van der Waals surface area (Å²) < 4.78 is 11.4. The standard InChI is InChI=1S/C19H20BrNO4/c1-13(2)16-5-3-4-6-17(16)24-12-19(23)25-11-18(22)21-15-9-7-14(20)8-10-15/h3-10,13H,11-12H2,1-2H3,(H,21,22). The summed E-state index contributed by atoms with van der Waals surface area (Å²) in [6.07, 6.45) is 0. The molecular formula is C19H20BrNO4. The van der Waals surface area contributed by atoms with Gasteiger partial charge in [0.1, 0.15) is 5.75 Å². The Bertz CT molecular complexity index is 728. The molecule has 0 saturated heterocycles. The molecule has 25 heavy (non-hydrogen) atoms. The van der Waals surface area contributed by atoms with Crippen LogP contribution >= 0.6 is 15.9 Å². The first-order valence-electron chi connectivity index (χ1n) is 7.88. The van der Waals surface area contributed by atoms with Gasteiger partial charge in [-0.25, -0.2) is 4.79 Å². The molecule has 0 radical (unpaired) electrons. The molecule has 0 saturated carbocycles. The molecule has 0 aliphatic rings. The van der Waals surface area contributed by atoms with Crippen LogP contribution in [0.2, 0.25) is 0 Å². The monoisotopic (exact) mass is 405 g/mol. The highest BCUT2D eigenvalue weighted by atomic mass is 79.9. The summed E-state index contributed by atoms with van der Waals surface area (Å²) in [6, 6.07) is 14.6. The van der Waals surface area contributed by atoms with Gasteiger partial charge in [0.2, 0.25) is 0 Å². The van der Waals surface area contributed by atoms with Crippen LogP contribution in [0.4, 0.5) is 5.69 Å². The van der Waals surface area contributed by atoms with Crippen molar-refractivity contribution in [1.29, 1.82) is 0 Å². The molecule has 1 amide bonds. The lowest BCUT2D eigenvalue weighted by molar-refractivity contribution is -0.149. The van der Waals surface area contributed by atoms with Crippen molar-refractivity contribution < 1.29 is 19.1 Å². The molecule has 0 unspecified atom stereocenters. The Kier molecular flexibility index (Phi) is 7.01. The number of rotatable bonds is 7. The fraction of sp³-hybridized carbons (Fsp3) is 0.263. The van der Waals surface area contributed by atoms with Crippen molar-refractivity contribution in [3.05, 3.63) is 58.6 Å². The molecule has 0 atom stereocenters. The predicted molar refractivity (Wildman–Crippen MR) is 99.8 cm³/mol. The zero-order chi connectivity index (χ0) is 18.2. The van der Waals surface area contributed by atoms with Gasteiger partial charge in [-0.05, 0) is 41.8 Å². The summed E-state index contributed by atoms with van der Waals surface area (Å²) in [4.78, 5) is 23.5. The number of nitrogens with one attached hydrogen (secondary N) is 1. The van der Waals surface area contributed by atoms with Gasteiger partial charge < -0.3 is 14.8 Å². The van der Waals surface area contributed by atoms with Crippen LogP contribution in [0.5, 0.6) is 5.75 Å². The van der Waals surface area contributed by atoms with Crippen molar-refractivity contribution in [2.45, 2.75) is 19.8 Å². The Morgan fingerprint density at radius 3 is 2.40 bits per heavy atom. The number of halogens is 1. The number of ether oxygens (including phenoxy) is 2. The number of carbonyl (C=O) groups excluding carboxylic acids is 2. The molecular weight excluding hydrogens is 386 g/mol. The summed E-state index contributed by atoms with van der Waals surface area (Å²) in [7, 11) is 0. The van der Waals surface area contributed by atoms with E-state index in [0.29, 0.717) is 11.4 Å². The van der Waals surface area contributed by atoms with E-state index >= 15 is 0 Å². The lowest BCUT2D eigenvalue weighted by Gasteiger charge is -2.13. The molecule has 5 nitrogen and oxygen atoms in total. The van der Waals surface area contributed by atoms with E-state index in [1.165, 1.54) is 0 Å². The number of hydrogen-bond donors (Lipinski definition) is 1. The average molecular weight is 406 g/mol. The van der Waals surface area contributed by atoms with E-state index in [1.54, 1.807) is 12.1 Å². The second-order valence-corrected chi connectivity index (χ2v) is 6.61. The van der Waals surface area contributed by atoms with Crippen LogP contribution in [-0.2, 0) is 14.3 Å². The third kappa shape index (κ3) is 6.23. The summed E-state index contributed by atoms with van der Waals surface area (Å²) in [5, 5.41) is 2.64. The molecule has 0 aliphatic heterocycles. The van der Waals surface area contributed by atoms with Gasteiger partial charge in [0.25, 0.3) is 5.91 Å². The van der Waals surface area contributed by atoms with E-state index in [2.05, 4.69) is 21.2 Å². The van der Waals surface area contributed by atoms with Gasteiger partial charge in [-0.1, -0.05) is 48.0 Å². The first-order valence-corrected chi connectivity index (χ1v) is 8.68. The van der Waals surface area contributed by atoms with Gasteiger partial charge in [-0.2, -0.15) is 0 Å². The van der Waals surface area contributed by atoms with Gasteiger partial charge in [-0.15, -0.1) is 0 Å². The summed E-state index contributed by atoms with van der Waals surface area (Å²) in [5.41, 5.74) is 1.65. The van der Waals surface area contributed by atoms with Gasteiger partial charge in [-0.3, -0.25) is 4.79 Å². The SMILES string of the molecule is CC(C)c1ccccc1OCC(=O)OCC(=O)Nc1ccc(Br)cc1. The van der Waals surface area contributed by atoms with E-state index in [9.17, 15) is 9.59 Å². The molecule has 0 aromatic heterocycles. The Hall–Kier alpha value is -2.34. The number of carbonyl (C=O) groups is 2. The van der Waals surface area contributed by atoms with Crippen molar-refractivity contribution in [3.8, 4) is 5.75 Å². The molecule has 2 aromatic rings. The molecule has 0 aliphatic carbocycles. The molecule has 132 valence electrons. The highest BCUT2D eigenvalue weighted by Crippen LogP contribution is 2.25. The lowest BCUT2D eigenvalue weighted by atomic mass is 10.0.